The molecule has 0 aliphatic carbocycles. The molecular formula is C16H14FNO3. The number of para-hydroxylation sites is 1. The maximum absolute atomic E-state index is 13.8. The highest BCUT2D eigenvalue weighted by Crippen LogP contribution is 2.22. The number of rotatable bonds is 3. The molecule has 2 aromatic carbocycles. The third kappa shape index (κ3) is 2.91. The number of nitrogens with one attached hydrogen (secondary N) is 1. The van der Waals surface area contributed by atoms with Gasteiger partial charge in [-0.1, -0.05) is 24.3 Å². The molecular weight excluding hydrogens is 273 g/mol. The van der Waals surface area contributed by atoms with E-state index in [4.69, 9.17) is 5.11 Å². The smallest absolute Gasteiger partial charge is 0.337 e. The molecule has 0 aliphatic rings. The van der Waals surface area contributed by atoms with Crippen molar-refractivity contribution in [3.05, 3.63) is 64.5 Å². The summed E-state index contributed by atoms with van der Waals surface area (Å²) in [6.07, 6.45) is 0. The van der Waals surface area contributed by atoms with Gasteiger partial charge in [0.05, 0.1) is 11.3 Å². The van der Waals surface area contributed by atoms with Crippen LogP contribution in [-0.4, -0.2) is 17.0 Å². The first-order chi connectivity index (χ1) is 9.91. The minimum atomic E-state index is -1.30. The number of carbonyl (C=O) groups excluding carboxylic acids is 1. The van der Waals surface area contributed by atoms with E-state index in [-0.39, 0.29) is 11.3 Å². The fraction of sp³-hybridized carbons (Fsp3) is 0.125. The third-order valence-corrected chi connectivity index (χ3v) is 3.19. The molecule has 0 saturated heterocycles. The van der Waals surface area contributed by atoms with E-state index in [1.54, 1.807) is 26.0 Å². The quantitative estimate of drug-likeness (QED) is 0.909. The summed E-state index contributed by atoms with van der Waals surface area (Å²) in [6.45, 7) is 3.53. The van der Waals surface area contributed by atoms with Gasteiger partial charge in [-0.3, -0.25) is 4.79 Å². The predicted molar refractivity (Wildman–Crippen MR) is 77.2 cm³/mol. The summed E-state index contributed by atoms with van der Waals surface area (Å²) in [4.78, 5) is 23.4. The molecule has 0 bridgehead atoms. The summed E-state index contributed by atoms with van der Waals surface area (Å²) >= 11 is 0. The van der Waals surface area contributed by atoms with E-state index in [9.17, 15) is 14.0 Å². The molecule has 0 heterocycles. The molecule has 4 nitrogen and oxygen atoms in total. The first-order valence-corrected chi connectivity index (χ1v) is 6.31. The monoisotopic (exact) mass is 287 g/mol. The lowest BCUT2D eigenvalue weighted by Crippen LogP contribution is -2.18. The molecule has 2 rings (SSSR count). The van der Waals surface area contributed by atoms with Gasteiger partial charge in [0.2, 0.25) is 0 Å². The molecule has 0 atom stereocenters. The highest BCUT2D eigenvalue weighted by atomic mass is 19.1. The standard InChI is InChI=1S/C16H14FNO3/c1-9-5-3-6-10(2)13(9)15(19)18-14-11(16(20)21)7-4-8-12(14)17/h3-8H,1-2H3,(H,18,19)(H,20,21). The number of benzene rings is 2. The number of carbonyl (C=O) groups is 2. The van der Waals surface area contributed by atoms with Gasteiger partial charge in [0.15, 0.2) is 0 Å². The second-order valence-electron chi connectivity index (χ2n) is 4.69. The van der Waals surface area contributed by atoms with Gasteiger partial charge in [0.25, 0.3) is 5.91 Å². The molecule has 0 radical (unpaired) electrons. The van der Waals surface area contributed by atoms with E-state index < -0.39 is 17.7 Å². The van der Waals surface area contributed by atoms with Gasteiger partial charge in [-0.25, -0.2) is 9.18 Å². The van der Waals surface area contributed by atoms with Crippen LogP contribution in [0.3, 0.4) is 0 Å². The zero-order valence-corrected chi connectivity index (χ0v) is 11.6. The summed E-state index contributed by atoms with van der Waals surface area (Å²) in [5.41, 5.74) is 1.28. The Morgan fingerprint density at radius 2 is 1.62 bits per heavy atom. The molecule has 108 valence electrons. The van der Waals surface area contributed by atoms with Gasteiger partial charge < -0.3 is 10.4 Å². The third-order valence-electron chi connectivity index (χ3n) is 3.19. The first-order valence-electron chi connectivity index (χ1n) is 6.31. The largest absolute Gasteiger partial charge is 0.478 e. The molecule has 0 unspecified atom stereocenters. The van der Waals surface area contributed by atoms with Crippen LogP contribution in [0.5, 0.6) is 0 Å². The van der Waals surface area contributed by atoms with Crippen LogP contribution in [0.2, 0.25) is 0 Å². The highest BCUT2D eigenvalue weighted by molar-refractivity contribution is 6.09. The molecule has 2 aromatic rings. The van der Waals surface area contributed by atoms with Gasteiger partial charge in [-0.05, 0) is 37.1 Å². The Bertz CT molecular complexity index is 705. The summed E-state index contributed by atoms with van der Waals surface area (Å²) in [5, 5.41) is 11.4. The Morgan fingerprint density at radius 3 is 2.19 bits per heavy atom. The van der Waals surface area contributed by atoms with Crippen molar-refractivity contribution in [3.8, 4) is 0 Å². The van der Waals surface area contributed by atoms with Crippen LogP contribution in [-0.2, 0) is 0 Å². The molecule has 21 heavy (non-hydrogen) atoms. The van der Waals surface area contributed by atoms with Crippen molar-refractivity contribution >= 4 is 17.6 Å². The molecule has 0 fully saturated rings. The lowest BCUT2D eigenvalue weighted by atomic mass is 10.0. The van der Waals surface area contributed by atoms with Crippen LogP contribution in [0.25, 0.3) is 0 Å². The number of anilines is 1. The van der Waals surface area contributed by atoms with E-state index in [2.05, 4.69) is 5.32 Å². The number of aromatic carboxylic acids is 1. The number of carboxylic acids is 1. The second kappa shape index (κ2) is 5.75. The fourth-order valence-electron chi connectivity index (χ4n) is 2.18. The molecule has 0 spiro atoms. The lowest BCUT2D eigenvalue weighted by molar-refractivity contribution is 0.0697. The van der Waals surface area contributed by atoms with Gasteiger partial charge in [-0.2, -0.15) is 0 Å². The molecule has 0 aromatic heterocycles. The Morgan fingerprint density at radius 1 is 1.05 bits per heavy atom. The topological polar surface area (TPSA) is 66.4 Å². The lowest BCUT2D eigenvalue weighted by Gasteiger charge is -2.12. The average molecular weight is 287 g/mol. The van der Waals surface area contributed by atoms with Gasteiger partial charge >= 0.3 is 5.97 Å². The SMILES string of the molecule is Cc1cccc(C)c1C(=O)Nc1c(F)cccc1C(=O)O. The summed E-state index contributed by atoms with van der Waals surface area (Å²) < 4.78 is 13.8. The number of carboxylic acid groups (broad SMARTS) is 1. The van der Waals surface area contributed by atoms with Crippen LogP contribution in [0.15, 0.2) is 36.4 Å². The van der Waals surface area contributed by atoms with E-state index in [0.717, 1.165) is 17.2 Å². The minimum absolute atomic E-state index is 0.283. The Hall–Kier alpha value is -2.69. The van der Waals surface area contributed by atoms with Crippen molar-refractivity contribution in [2.75, 3.05) is 5.32 Å². The Kier molecular flexibility index (Phi) is 4.03. The summed E-state index contributed by atoms with van der Waals surface area (Å²) in [7, 11) is 0. The highest BCUT2D eigenvalue weighted by Gasteiger charge is 2.19. The fourth-order valence-corrected chi connectivity index (χ4v) is 2.18. The molecule has 0 saturated carbocycles. The number of hydrogen-bond donors (Lipinski definition) is 2. The zero-order chi connectivity index (χ0) is 15.6. The predicted octanol–water partition coefficient (Wildman–Crippen LogP) is 3.39. The number of halogens is 1. The number of amides is 1. The van der Waals surface area contributed by atoms with Gasteiger partial charge in [0.1, 0.15) is 5.82 Å². The van der Waals surface area contributed by atoms with Crippen molar-refractivity contribution in [2.45, 2.75) is 13.8 Å². The van der Waals surface area contributed by atoms with Crippen molar-refractivity contribution in [1.29, 1.82) is 0 Å². The Labute approximate surface area is 121 Å². The molecule has 2 N–H and O–H groups in total. The zero-order valence-electron chi connectivity index (χ0n) is 11.6. The van der Waals surface area contributed by atoms with Crippen molar-refractivity contribution in [1.82, 2.24) is 0 Å². The average Bonchev–Trinajstić information content (AvgIpc) is 2.40. The minimum Gasteiger partial charge on any atom is -0.478 e. The van der Waals surface area contributed by atoms with Crippen molar-refractivity contribution in [2.24, 2.45) is 0 Å². The molecule has 1 amide bonds. The first kappa shape index (κ1) is 14.7. The van der Waals surface area contributed by atoms with E-state index in [0.29, 0.717) is 5.56 Å². The van der Waals surface area contributed by atoms with Crippen molar-refractivity contribution in [3.63, 3.8) is 0 Å². The van der Waals surface area contributed by atoms with Crippen LogP contribution in [0.4, 0.5) is 10.1 Å². The van der Waals surface area contributed by atoms with Crippen LogP contribution < -0.4 is 5.32 Å². The molecule has 5 heteroatoms. The summed E-state index contributed by atoms with van der Waals surface area (Å²) in [5.74, 6) is -2.61. The molecule has 0 aliphatic heterocycles. The van der Waals surface area contributed by atoms with Crippen LogP contribution >= 0.6 is 0 Å². The maximum atomic E-state index is 13.8. The number of hydrogen-bond acceptors (Lipinski definition) is 2. The number of aryl methyl sites for hydroxylation is 2. The second-order valence-corrected chi connectivity index (χ2v) is 4.69. The maximum Gasteiger partial charge on any atom is 0.337 e. The van der Waals surface area contributed by atoms with Crippen LogP contribution in [0.1, 0.15) is 31.8 Å². The van der Waals surface area contributed by atoms with Crippen LogP contribution in [0, 0.1) is 19.7 Å². The van der Waals surface area contributed by atoms with E-state index in [1.165, 1.54) is 12.1 Å². The summed E-state index contributed by atoms with van der Waals surface area (Å²) in [6, 6.07) is 8.97. The Balaban J connectivity index is 2.44. The van der Waals surface area contributed by atoms with E-state index >= 15 is 0 Å². The van der Waals surface area contributed by atoms with E-state index in [1.807, 2.05) is 6.07 Å². The van der Waals surface area contributed by atoms with Gasteiger partial charge in [-0.15, -0.1) is 0 Å². The van der Waals surface area contributed by atoms with Gasteiger partial charge in [0, 0.05) is 5.56 Å². The normalized spacial score (nSPS) is 10.2. The van der Waals surface area contributed by atoms with Crippen molar-refractivity contribution < 1.29 is 19.1 Å².